The first-order chi connectivity index (χ1) is 17.4. The molecule has 8 heteroatoms. The maximum Gasteiger partial charge on any atom is 0.247 e. The molecule has 5 rings (SSSR count). The highest BCUT2D eigenvalue weighted by Crippen LogP contribution is 2.51. The third-order valence-electron chi connectivity index (χ3n) is 6.96. The van der Waals surface area contributed by atoms with Crippen LogP contribution in [0.15, 0.2) is 55.0 Å². The molecule has 1 aliphatic carbocycles. The minimum atomic E-state index is -0.900. The maximum atomic E-state index is 13.1. The molecule has 1 saturated heterocycles. The van der Waals surface area contributed by atoms with Crippen LogP contribution < -0.4 is 10.2 Å². The number of nitriles is 1. The van der Waals surface area contributed by atoms with Gasteiger partial charge >= 0.3 is 0 Å². The third-order valence-corrected chi connectivity index (χ3v) is 6.96. The monoisotopic (exact) mass is 482 g/mol. The number of rotatable bonds is 8. The average Bonchev–Trinajstić information content (AvgIpc) is 3.51. The van der Waals surface area contributed by atoms with Gasteiger partial charge in [0.1, 0.15) is 11.2 Å². The fourth-order valence-corrected chi connectivity index (χ4v) is 5.01. The van der Waals surface area contributed by atoms with Crippen LogP contribution in [0.3, 0.4) is 0 Å². The number of hydrogen-bond donors (Lipinski definition) is 1. The number of nitrogens with zero attached hydrogens (tertiary/aromatic N) is 5. The van der Waals surface area contributed by atoms with Gasteiger partial charge in [-0.05, 0) is 48.3 Å². The molecule has 36 heavy (non-hydrogen) atoms. The van der Waals surface area contributed by atoms with Gasteiger partial charge in [0, 0.05) is 42.8 Å². The molecule has 2 fully saturated rings. The van der Waals surface area contributed by atoms with Gasteiger partial charge < -0.3 is 10.2 Å². The van der Waals surface area contributed by atoms with Crippen LogP contribution in [0.25, 0.3) is 11.1 Å². The Kier molecular flexibility index (Phi) is 6.31. The Bertz CT molecular complexity index is 1340. The van der Waals surface area contributed by atoms with Gasteiger partial charge in [0.2, 0.25) is 11.8 Å². The van der Waals surface area contributed by atoms with Gasteiger partial charge in [-0.15, -0.1) is 0 Å². The first kappa shape index (κ1) is 23.7. The Labute approximate surface area is 210 Å². The Morgan fingerprint density at radius 2 is 2.08 bits per heavy atom. The quantitative estimate of drug-likeness (QED) is 0.511. The van der Waals surface area contributed by atoms with E-state index in [-0.39, 0.29) is 24.2 Å². The van der Waals surface area contributed by atoms with E-state index >= 15 is 0 Å². The molecule has 0 spiro atoms. The van der Waals surface area contributed by atoms with Crippen LogP contribution in [0.4, 0.5) is 11.5 Å². The molecule has 1 atom stereocenters. The summed E-state index contributed by atoms with van der Waals surface area (Å²) in [5.74, 6) is 0.739. The van der Waals surface area contributed by atoms with Crippen molar-refractivity contribution >= 4 is 23.3 Å². The van der Waals surface area contributed by atoms with Crippen molar-refractivity contribution in [2.45, 2.75) is 46.1 Å². The highest BCUT2D eigenvalue weighted by molar-refractivity contribution is 6.02. The fraction of sp³-hybridized carbons (Fsp3) is 0.393. The van der Waals surface area contributed by atoms with Crippen molar-refractivity contribution in [1.29, 1.82) is 5.26 Å². The second kappa shape index (κ2) is 9.57. The molecule has 3 aromatic rings. The third kappa shape index (κ3) is 4.74. The smallest absolute Gasteiger partial charge is 0.247 e. The first-order valence-corrected chi connectivity index (χ1v) is 12.5. The number of amides is 2. The molecule has 1 aromatic carbocycles. The lowest BCUT2D eigenvalue weighted by atomic mass is 9.83. The summed E-state index contributed by atoms with van der Waals surface area (Å²) in [6.07, 6.45) is 8.07. The molecule has 184 valence electrons. The summed E-state index contributed by atoms with van der Waals surface area (Å²) >= 11 is 0. The zero-order chi connectivity index (χ0) is 25.3. The maximum absolute atomic E-state index is 13.1. The zero-order valence-corrected chi connectivity index (χ0v) is 20.6. The number of nitrogens with one attached hydrogen (secondary N) is 1. The summed E-state index contributed by atoms with van der Waals surface area (Å²) in [7, 11) is 0. The predicted molar refractivity (Wildman–Crippen MR) is 137 cm³/mol. The lowest BCUT2D eigenvalue weighted by Crippen LogP contribution is -2.35. The van der Waals surface area contributed by atoms with Crippen LogP contribution in [0.5, 0.6) is 0 Å². The second-order valence-electron chi connectivity index (χ2n) is 10.2. The molecule has 0 radical (unpaired) electrons. The topological polar surface area (TPSA) is 104 Å². The van der Waals surface area contributed by atoms with E-state index in [2.05, 4.69) is 35.3 Å². The van der Waals surface area contributed by atoms with Gasteiger partial charge in [-0.2, -0.15) is 10.4 Å². The molecule has 0 unspecified atom stereocenters. The highest BCUT2D eigenvalue weighted by Gasteiger charge is 2.56. The molecule has 2 aliphatic rings. The first-order valence-electron chi connectivity index (χ1n) is 12.5. The summed E-state index contributed by atoms with van der Waals surface area (Å²) in [6.45, 7) is 5.67. The predicted octanol–water partition coefficient (Wildman–Crippen LogP) is 4.44. The number of hydrogen-bond acceptors (Lipinski definition) is 5. The summed E-state index contributed by atoms with van der Waals surface area (Å²) in [4.78, 5) is 31.8. The minimum Gasteiger partial charge on any atom is -0.311 e. The molecule has 3 heterocycles. The van der Waals surface area contributed by atoms with E-state index in [9.17, 15) is 14.9 Å². The standard InChI is InChI=1S/C28H30N6O2/c1-19(2)16-33-17-22(15-31-33)21-5-3-4-20(12-21)13-26(35)32-25-14-24(8-10-30-25)34-11-9-28(18-29,27(34)36)23-6-7-23/h3-5,8,10,12,14-15,17,19,23H,6-7,9,11,13,16H2,1-2H3,(H,30,32,35)/t28-/m1/s1. The summed E-state index contributed by atoms with van der Waals surface area (Å²) in [5, 5.41) is 17.0. The molecule has 1 aliphatic heterocycles. The molecule has 2 amide bonds. The minimum absolute atomic E-state index is 0.135. The number of aromatic nitrogens is 3. The zero-order valence-electron chi connectivity index (χ0n) is 20.6. The van der Waals surface area contributed by atoms with Crippen LogP contribution in [0.1, 0.15) is 38.7 Å². The molecular weight excluding hydrogens is 452 g/mol. The van der Waals surface area contributed by atoms with Gasteiger partial charge in [0.15, 0.2) is 0 Å². The van der Waals surface area contributed by atoms with E-state index in [1.165, 1.54) is 0 Å². The van der Waals surface area contributed by atoms with Crippen LogP contribution in [-0.2, 0) is 22.6 Å². The van der Waals surface area contributed by atoms with Gasteiger partial charge in [-0.1, -0.05) is 38.1 Å². The van der Waals surface area contributed by atoms with Crippen molar-refractivity contribution in [3.05, 3.63) is 60.6 Å². The largest absolute Gasteiger partial charge is 0.311 e. The SMILES string of the molecule is CC(C)Cn1cc(-c2cccc(CC(=O)Nc3cc(N4CC[C@@](C#N)(C5CC5)C4=O)ccn3)c2)cn1. The van der Waals surface area contributed by atoms with Crippen LogP contribution >= 0.6 is 0 Å². The summed E-state index contributed by atoms with van der Waals surface area (Å²) in [5.41, 5.74) is 2.67. The van der Waals surface area contributed by atoms with Gasteiger partial charge in [0.25, 0.3) is 0 Å². The van der Waals surface area contributed by atoms with Crippen molar-refractivity contribution in [3.8, 4) is 17.2 Å². The normalized spacial score (nSPS) is 19.5. The number of carbonyl (C=O) groups is 2. The van der Waals surface area contributed by atoms with E-state index in [4.69, 9.17) is 0 Å². The van der Waals surface area contributed by atoms with E-state index in [1.807, 2.05) is 41.3 Å². The number of benzene rings is 1. The fourth-order valence-electron chi connectivity index (χ4n) is 5.01. The van der Waals surface area contributed by atoms with Crippen LogP contribution in [-0.4, -0.2) is 33.1 Å². The molecule has 8 nitrogen and oxygen atoms in total. The number of carbonyl (C=O) groups excluding carboxylic acids is 2. The van der Waals surface area contributed by atoms with E-state index in [1.54, 1.807) is 23.2 Å². The van der Waals surface area contributed by atoms with E-state index < -0.39 is 5.41 Å². The molecular formula is C28H30N6O2. The summed E-state index contributed by atoms with van der Waals surface area (Å²) in [6, 6.07) is 13.6. The van der Waals surface area contributed by atoms with Crippen molar-refractivity contribution in [2.75, 3.05) is 16.8 Å². The van der Waals surface area contributed by atoms with Crippen LogP contribution in [0, 0.1) is 28.6 Å². The van der Waals surface area contributed by atoms with Crippen molar-refractivity contribution in [1.82, 2.24) is 14.8 Å². The second-order valence-corrected chi connectivity index (χ2v) is 10.2. The molecule has 1 N–H and O–H groups in total. The Hall–Kier alpha value is -3.99. The number of pyridine rings is 1. The average molecular weight is 483 g/mol. The van der Waals surface area contributed by atoms with E-state index in [0.29, 0.717) is 30.4 Å². The van der Waals surface area contributed by atoms with Gasteiger partial charge in [-0.3, -0.25) is 14.3 Å². The molecule has 0 bridgehead atoms. The van der Waals surface area contributed by atoms with E-state index in [0.717, 1.165) is 36.1 Å². The Morgan fingerprint density at radius 3 is 2.83 bits per heavy atom. The van der Waals surface area contributed by atoms with Gasteiger partial charge in [0.05, 0.1) is 18.7 Å². The highest BCUT2D eigenvalue weighted by atomic mass is 16.2. The summed E-state index contributed by atoms with van der Waals surface area (Å²) < 4.78 is 1.94. The number of anilines is 2. The van der Waals surface area contributed by atoms with Crippen molar-refractivity contribution < 1.29 is 9.59 Å². The van der Waals surface area contributed by atoms with Crippen molar-refractivity contribution in [3.63, 3.8) is 0 Å². The lowest BCUT2D eigenvalue weighted by Gasteiger charge is -2.21. The van der Waals surface area contributed by atoms with Gasteiger partial charge in [-0.25, -0.2) is 4.98 Å². The molecule has 2 aromatic heterocycles. The van der Waals surface area contributed by atoms with Crippen LogP contribution in [0.2, 0.25) is 0 Å². The van der Waals surface area contributed by atoms with Crippen molar-refractivity contribution in [2.24, 2.45) is 17.3 Å². The molecule has 1 saturated carbocycles. The lowest BCUT2D eigenvalue weighted by molar-refractivity contribution is -0.123. The Morgan fingerprint density at radius 1 is 1.25 bits per heavy atom. The Balaban J connectivity index is 1.25.